The number of nitrogens with zero attached hydrogens (tertiary/aromatic N) is 2. The van der Waals surface area contributed by atoms with Crippen molar-refractivity contribution in [2.24, 2.45) is 0 Å². The highest BCUT2D eigenvalue weighted by molar-refractivity contribution is 5.69. The second kappa shape index (κ2) is 6.95. The molecule has 0 aliphatic carbocycles. The van der Waals surface area contributed by atoms with Gasteiger partial charge in [-0.15, -0.1) is 10.2 Å². The van der Waals surface area contributed by atoms with E-state index in [0.717, 1.165) is 12.1 Å². The Morgan fingerprint density at radius 1 is 1.22 bits per heavy atom. The number of anilines is 1. The van der Waals surface area contributed by atoms with Gasteiger partial charge in [-0.2, -0.15) is 13.2 Å². The molecule has 6 nitrogen and oxygen atoms in total. The van der Waals surface area contributed by atoms with Crippen LogP contribution in [0.25, 0.3) is 11.3 Å². The maximum atomic E-state index is 12.7. The van der Waals surface area contributed by atoms with E-state index in [0.29, 0.717) is 0 Å². The van der Waals surface area contributed by atoms with Crippen LogP contribution in [0.3, 0.4) is 0 Å². The van der Waals surface area contributed by atoms with Gasteiger partial charge in [-0.3, -0.25) is 5.43 Å². The standard InChI is InChI=1S/C14H13F3N4O2/c1-2-23-13(22)21-20-12-7-6-11(18-19-12)9-4-3-5-10(8-9)14(15,16)17/h3-8H,2H2,1H3,(H,19,20)(H,21,22). The van der Waals surface area contributed by atoms with Gasteiger partial charge in [0.15, 0.2) is 5.82 Å². The van der Waals surface area contributed by atoms with Gasteiger partial charge < -0.3 is 4.74 Å². The Hall–Kier alpha value is -2.84. The third kappa shape index (κ3) is 4.56. The van der Waals surface area contributed by atoms with E-state index in [1.165, 1.54) is 24.3 Å². The normalized spacial score (nSPS) is 11.0. The number of rotatable bonds is 4. The van der Waals surface area contributed by atoms with Gasteiger partial charge in [-0.05, 0) is 31.2 Å². The molecule has 1 amide bonds. The van der Waals surface area contributed by atoms with Gasteiger partial charge in [0.2, 0.25) is 0 Å². The van der Waals surface area contributed by atoms with E-state index in [1.807, 2.05) is 0 Å². The molecule has 0 fully saturated rings. The van der Waals surface area contributed by atoms with Crippen LogP contribution in [0.2, 0.25) is 0 Å². The fraction of sp³-hybridized carbons (Fsp3) is 0.214. The lowest BCUT2D eigenvalue weighted by Gasteiger charge is -2.09. The number of benzene rings is 1. The highest BCUT2D eigenvalue weighted by Crippen LogP contribution is 2.31. The molecule has 0 bridgehead atoms. The molecule has 2 aromatic rings. The van der Waals surface area contributed by atoms with E-state index in [1.54, 1.807) is 6.92 Å². The number of carbonyl (C=O) groups excluding carboxylic acids is 1. The Labute approximate surface area is 129 Å². The van der Waals surface area contributed by atoms with Crippen molar-refractivity contribution in [1.29, 1.82) is 0 Å². The predicted octanol–water partition coefficient (Wildman–Crippen LogP) is 3.24. The molecule has 0 aliphatic rings. The minimum absolute atomic E-state index is 0.216. The van der Waals surface area contributed by atoms with Gasteiger partial charge >= 0.3 is 12.3 Å². The van der Waals surface area contributed by atoms with Crippen molar-refractivity contribution in [3.8, 4) is 11.3 Å². The van der Waals surface area contributed by atoms with Gasteiger partial charge in [-0.1, -0.05) is 12.1 Å². The summed E-state index contributed by atoms with van der Waals surface area (Å²) in [6.07, 6.45) is -5.11. The number of halogens is 3. The molecular weight excluding hydrogens is 313 g/mol. The van der Waals surface area contributed by atoms with Gasteiger partial charge in [0.05, 0.1) is 17.9 Å². The fourth-order valence-corrected chi connectivity index (χ4v) is 1.69. The predicted molar refractivity (Wildman–Crippen MR) is 76.3 cm³/mol. The number of amides is 1. The van der Waals surface area contributed by atoms with Crippen LogP contribution in [-0.2, 0) is 10.9 Å². The lowest BCUT2D eigenvalue weighted by atomic mass is 10.1. The zero-order valence-electron chi connectivity index (χ0n) is 12.0. The molecule has 0 unspecified atom stereocenters. The summed E-state index contributed by atoms with van der Waals surface area (Å²) >= 11 is 0. The van der Waals surface area contributed by atoms with Gasteiger partial charge in [-0.25, -0.2) is 10.2 Å². The van der Waals surface area contributed by atoms with E-state index in [4.69, 9.17) is 0 Å². The third-order valence-electron chi connectivity index (χ3n) is 2.72. The number of aromatic nitrogens is 2. The summed E-state index contributed by atoms with van der Waals surface area (Å²) in [5.41, 5.74) is 4.49. The Morgan fingerprint density at radius 2 is 2.00 bits per heavy atom. The molecule has 0 aliphatic heterocycles. The van der Waals surface area contributed by atoms with Crippen molar-refractivity contribution >= 4 is 11.9 Å². The summed E-state index contributed by atoms with van der Waals surface area (Å²) in [7, 11) is 0. The summed E-state index contributed by atoms with van der Waals surface area (Å²) in [4.78, 5) is 11.1. The van der Waals surface area contributed by atoms with E-state index in [9.17, 15) is 18.0 Å². The molecule has 2 N–H and O–H groups in total. The molecule has 9 heteroatoms. The van der Waals surface area contributed by atoms with Crippen molar-refractivity contribution in [3.05, 3.63) is 42.0 Å². The average Bonchev–Trinajstić information content (AvgIpc) is 2.53. The summed E-state index contributed by atoms with van der Waals surface area (Å²) in [5.74, 6) is 0.216. The molecule has 122 valence electrons. The summed E-state index contributed by atoms with van der Waals surface area (Å²) < 4.78 is 42.7. The van der Waals surface area contributed by atoms with Crippen molar-refractivity contribution in [2.45, 2.75) is 13.1 Å². The number of ether oxygens (including phenoxy) is 1. The number of carbonyl (C=O) groups is 1. The zero-order chi connectivity index (χ0) is 16.9. The lowest BCUT2D eigenvalue weighted by Crippen LogP contribution is -2.30. The monoisotopic (exact) mass is 326 g/mol. The first-order chi connectivity index (χ1) is 10.9. The smallest absolute Gasteiger partial charge is 0.425 e. The van der Waals surface area contributed by atoms with Crippen molar-refractivity contribution in [1.82, 2.24) is 15.6 Å². The Morgan fingerprint density at radius 3 is 2.61 bits per heavy atom. The summed E-state index contributed by atoms with van der Waals surface area (Å²) in [6, 6.07) is 7.73. The van der Waals surface area contributed by atoms with E-state index < -0.39 is 17.8 Å². The molecule has 1 aromatic carbocycles. The van der Waals surface area contributed by atoms with Gasteiger partial charge in [0.1, 0.15) is 0 Å². The highest BCUT2D eigenvalue weighted by atomic mass is 19.4. The molecule has 1 heterocycles. The van der Waals surface area contributed by atoms with Crippen LogP contribution >= 0.6 is 0 Å². The first-order valence-corrected chi connectivity index (χ1v) is 6.60. The first-order valence-electron chi connectivity index (χ1n) is 6.60. The zero-order valence-corrected chi connectivity index (χ0v) is 12.0. The number of alkyl halides is 3. The van der Waals surface area contributed by atoms with E-state index in [2.05, 4.69) is 25.8 Å². The largest absolute Gasteiger partial charge is 0.449 e. The molecular formula is C14H13F3N4O2. The number of hydrazine groups is 1. The van der Waals surface area contributed by atoms with Gasteiger partial charge in [0.25, 0.3) is 0 Å². The first kappa shape index (κ1) is 16.5. The topological polar surface area (TPSA) is 76.1 Å². The lowest BCUT2D eigenvalue weighted by molar-refractivity contribution is -0.137. The molecule has 23 heavy (non-hydrogen) atoms. The summed E-state index contributed by atoms with van der Waals surface area (Å²) in [5, 5.41) is 7.59. The Kier molecular flexibility index (Phi) is 4.99. The quantitative estimate of drug-likeness (QED) is 0.844. The van der Waals surface area contributed by atoms with Crippen LogP contribution < -0.4 is 10.9 Å². The van der Waals surface area contributed by atoms with Crippen molar-refractivity contribution < 1.29 is 22.7 Å². The molecule has 2 rings (SSSR count). The van der Waals surface area contributed by atoms with Crippen LogP contribution in [0, 0.1) is 0 Å². The molecule has 0 saturated heterocycles. The molecule has 1 aromatic heterocycles. The number of hydrogen-bond acceptors (Lipinski definition) is 5. The third-order valence-corrected chi connectivity index (χ3v) is 2.72. The highest BCUT2D eigenvalue weighted by Gasteiger charge is 2.30. The minimum Gasteiger partial charge on any atom is -0.449 e. The van der Waals surface area contributed by atoms with E-state index >= 15 is 0 Å². The Balaban J connectivity index is 2.09. The second-order valence-corrected chi connectivity index (χ2v) is 4.35. The van der Waals surface area contributed by atoms with Crippen LogP contribution in [0.1, 0.15) is 12.5 Å². The second-order valence-electron chi connectivity index (χ2n) is 4.35. The molecule has 0 saturated carbocycles. The van der Waals surface area contributed by atoms with Gasteiger partial charge in [0, 0.05) is 5.56 Å². The summed E-state index contributed by atoms with van der Waals surface area (Å²) in [6.45, 7) is 1.87. The van der Waals surface area contributed by atoms with Crippen LogP contribution in [0.4, 0.5) is 23.8 Å². The maximum absolute atomic E-state index is 12.7. The number of hydrogen-bond donors (Lipinski definition) is 2. The van der Waals surface area contributed by atoms with E-state index in [-0.39, 0.29) is 23.7 Å². The van der Waals surface area contributed by atoms with Crippen LogP contribution in [0.15, 0.2) is 36.4 Å². The van der Waals surface area contributed by atoms with Crippen molar-refractivity contribution in [2.75, 3.05) is 12.0 Å². The Bertz CT molecular complexity index is 674. The average molecular weight is 326 g/mol. The number of nitrogens with one attached hydrogen (secondary N) is 2. The molecule has 0 atom stereocenters. The minimum atomic E-state index is -4.42. The fourth-order valence-electron chi connectivity index (χ4n) is 1.69. The molecule has 0 radical (unpaired) electrons. The van der Waals surface area contributed by atoms with Crippen molar-refractivity contribution in [3.63, 3.8) is 0 Å². The maximum Gasteiger partial charge on any atom is 0.425 e. The van der Waals surface area contributed by atoms with Crippen LogP contribution in [0.5, 0.6) is 0 Å². The van der Waals surface area contributed by atoms with Crippen LogP contribution in [-0.4, -0.2) is 22.9 Å². The molecule has 0 spiro atoms. The SMILES string of the molecule is CCOC(=O)NNc1ccc(-c2cccc(C(F)(F)F)c2)nn1.